The third-order valence-electron chi connectivity index (χ3n) is 6.77. The largest absolute Gasteiger partial charge is 0.486 e. The third-order valence-corrected chi connectivity index (χ3v) is 7.02. The maximum atomic E-state index is 5.68. The van der Waals surface area contributed by atoms with E-state index < -0.39 is 0 Å². The van der Waals surface area contributed by atoms with Crippen molar-refractivity contribution in [1.29, 1.82) is 0 Å². The highest BCUT2D eigenvalue weighted by Gasteiger charge is 2.21. The molecular formula is C25H34N6O2S. The number of anilines is 3. The van der Waals surface area contributed by atoms with E-state index in [9.17, 15) is 0 Å². The molecule has 0 amide bonds. The Bertz CT molecular complexity index is 1000. The first-order chi connectivity index (χ1) is 16.6. The summed E-state index contributed by atoms with van der Waals surface area (Å²) in [5, 5.41) is 7.01. The Morgan fingerprint density at radius 2 is 1.62 bits per heavy atom. The lowest BCUT2D eigenvalue weighted by Crippen LogP contribution is -2.35. The quantitative estimate of drug-likeness (QED) is 0.616. The van der Waals surface area contributed by atoms with Crippen molar-refractivity contribution in [3.05, 3.63) is 29.8 Å². The highest BCUT2D eigenvalue weighted by Crippen LogP contribution is 2.31. The van der Waals surface area contributed by atoms with Gasteiger partial charge in [0.15, 0.2) is 16.6 Å². The van der Waals surface area contributed by atoms with Crippen LogP contribution >= 0.6 is 12.2 Å². The molecule has 5 rings (SSSR count). The lowest BCUT2D eigenvalue weighted by atomic mass is 9.99. The normalized spacial score (nSPS) is 18.5. The van der Waals surface area contributed by atoms with E-state index in [0.717, 1.165) is 60.8 Å². The topological polar surface area (TPSA) is 74.8 Å². The van der Waals surface area contributed by atoms with Gasteiger partial charge in [0.25, 0.3) is 0 Å². The number of hydrogen-bond acceptors (Lipinski definition) is 7. The summed E-state index contributed by atoms with van der Waals surface area (Å²) >= 11 is 5.59. The average Bonchev–Trinajstić information content (AvgIpc) is 2.88. The first-order valence-electron chi connectivity index (χ1n) is 12.5. The molecule has 2 aromatic rings. The Morgan fingerprint density at radius 1 is 0.941 bits per heavy atom. The summed E-state index contributed by atoms with van der Waals surface area (Å²) in [6.07, 6.45) is 6.09. The number of nitrogens with one attached hydrogen (secondary N) is 2. The van der Waals surface area contributed by atoms with Crippen LogP contribution < -0.4 is 29.9 Å². The Balaban J connectivity index is 1.27. The first kappa shape index (κ1) is 23.0. The summed E-state index contributed by atoms with van der Waals surface area (Å²) in [6, 6.07) is 8.11. The van der Waals surface area contributed by atoms with Crippen molar-refractivity contribution in [2.24, 2.45) is 5.92 Å². The molecule has 9 heteroatoms. The number of hydrogen-bond donors (Lipinski definition) is 2. The number of benzene rings is 1. The zero-order valence-electron chi connectivity index (χ0n) is 19.9. The molecule has 2 saturated heterocycles. The van der Waals surface area contributed by atoms with Crippen LogP contribution in [0.15, 0.2) is 24.3 Å². The van der Waals surface area contributed by atoms with Crippen molar-refractivity contribution in [3.8, 4) is 11.5 Å². The molecule has 0 spiro atoms. The molecule has 2 N–H and O–H groups in total. The summed E-state index contributed by atoms with van der Waals surface area (Å²) in [4.78, 5) is 14.4. The number of nitrogens with zero attached hydrogens (tertiary/aromatic N) is 4. The van der Waals surface area contributed by atoms with Crippen molar-refractivity contribution in [1.82, 2.24) is 15.3 Å². The zero-order valence-corrected chi connectivity index (χ0v) is 20.7. The van der Waals surface area contributed by atoms with Crippen molar-refractivity contribution in [3.63, 3.8) is 0 Å². The monoisotopic (exact) mass is 482 g/mol. The van der Waals surface area contributed by atoms with E-state index in [1.54, 1.807) is 0 Å². The number of aromatic nitrogens is 2. The van der Waals surface area contributed by atoms with Gasteiger partial charge in [-0.15, -0.1) is 0 Å². The van der Waals surface area contributed by atoms with Gasteiger partial charge in [0.1, 0.15) is 24.8 Å². The van der Waals surface area contributed by atoms with Crippen LogP contribution in [0.25, 0.3) is 0 Å². The second-order valence-corrected chi connectivity index (χ2v) is 9.82. The SMILES string of the molecule is CC1CCN(c2cc(N3CCCCC3)nc(NC(=S)NCc3ccc4c(c3)OCCO4)n2)CC1. The highest BCUT2D eigenvalue weighted by molar-refractivity contribution is 7.80. The van der Waals surface area contributed by atoms with Crippen molar-refractivity contribution in [2.75, 3.05) is 54.5 Å². The Hall–Kier alpha value is -2.81. The van der Waals surface area contributed by atoms with E-state index in [4.69, 9.17) is 31.7 Å². The number of piperidine rings is 2. The molecule has 2 fully saturated rings. The van der Waals surface area contributed by atoms with Gasteiger partial charge in [-0.2, -0.15) is 9.97 Å². The lowest BCUT2D eigenvalue weighted by Gasteiger charge is -2.33. The fourth-order valence-electron chi connectivity index (χ4n) is 4.69. The minimum Gasteiger partial charge on any atom is -0.486 e. The van der Waals surface area contributed by atoms with Gasteiger partial charge in [-0.1, -0.05) is 13.0 Å². The molecule has 1 aromatic heterocycles. The summed E-state index contributed by atoms with van der Waals surface area (Å²) < 4.78 is 11.3. The molecule has 4 heterocycles. The summed E-state index contributed by atoms with van der Waals surface area (Å²) in [5.74, 6) is 4.87. The fraction of sp³-hybridized carbons (Fsp3) is 0.560. The number of thiocarbonyl (C=S) groups is 1. The van der Waals surface area contributed by atoms with Crippen LogP contribution in [0.1, 0.15) is 44.6 Å². The van der Waals surface area contributed by atoms with E-state index in [1.165, 1.54) is 32.1 Å². The molecule has 1 aromatic carbocycles. The van der Waals surface area contributed by atoms with Crippen molar-refractivity contribution in [2.45, 2.75) is 45.6 Å². The van der Waals surface area contributed by atoms with Gasteiger partial charge >= 0.3 is 0 Å². The van der Waals surface area contributed by atoms with E-state index in [1.807, 2.05) is 18.2 Å². The minimum absolute atomic E-state index is 0.504. The van der Waals surface area contributed by atoms with Crippen LogP contribution in [-0.4, -0.2) is 54.5 Å². The van der Waals surface area contributed by atoms with Crippen molar-refractivity contribution >= 4 is 34.9 Å². The van der Waals surface area contributed by atoms with Gasteiger partial charge in [-0.3, -0.25) is 0 Å². The maximum absolute atomic E-state index is 5.68. The highest BCUT2D eigenvalue weighted by atomic mass is 32.1. The van der Waals surface area contributed by atoms with E-state index >= 15 is 0 Å². The van der Waals surface area contributed by atoms with Gasteiger partial charge in [0.2, 0.25) is 5.95 Å². The van der Waals surface area contributed by atoms with Crippen LogP contribution in [0.2, 0.25) is 0 Å². The maximum Gasteiger partial charge on any atom is 0.232 e. The molecule has 0 saturated carbocycles. The number of fused-ring (bicyclic) bond motifs is 1. The predicted octanol–water partition coefficient (Wildman–Crippen LogP) is 3.96. The van der Waals surface area contributed by atoms with E-state index in [2.05, 4.69) is 33.4 Å². The Labute approximate surface area is 207 Å². The van der Waals surface area contributed by atoms with Crippen LogP contribution in [0, 0.1) is 5.92 Å². The van der Waals surface area contributed by atoms with Gasteiger partial charge in [-0.25, -0.2) is 0 Å². The summed E-state index contributed by atoms with van der Waals surface area (Å²) in [7, 11) is 0. The molecule has 0 atom stereocenters. The standard InChI is InChI=1S/C25H34N6O2S/c1-18-7-11-31(12-8-18)23-16-22(30-9-3-2-4-10-30)27-24(28-23)29-25(34)26-17-19-5-6-20-21(15-19)33-14-13-32-20/h5-6,15-16,18H,2-4,7-14,17H2,1H3,(H2,26,27,28,29,34). The smallest absolute Gasteiger partial charge is 0.232 e. The molecule has 0 radical (unpaired) electrons. The van der Waals surface area contributed by atoms with Crippen LogP contribution in [0.4, 0.5) is 17.6 Å². The second kappa shape index (κ2) is 10.6. The zero-order chi connectivity index (χ0) is 23.3. The van der Waals surface area contributed by atoms with E-state index in [0.29, 0.717) is 30.8 Å². The Kier molecular flexibility index (Phi) is 7.18. The third kappa shape index (κ3) is 5.63. The van der Waals surface area contributed by atoms with Gasteiger partial charge in [0.05, 0.1) is 0 Å². The van der Waals surface area contributed by atoms with Gasteiger partial charge < -0.3 is 29.9 Å². The molecule has 0 aliphatic carbocycles. The molecular weight excluding hydrogens is 448 g/mol. The second-order valence-electron chi connectivity index (χ2n) is 9.41. The molecule has 182 valence electrons. The predicted molar refractivity (Wildman–Crippen MR) is 139 cm³/mol. The Morgan fingerprint density at radius 3 is 2.35 bits per heavy atom. The van der Waals surface area contributed by atoms with Crippen LogP contribution in [0.3, 0.4) is 0 Å². The first-order valence-corrected chi connectivity index (χ1v) is 12.9. The van der Waals surface area contributed by atoms with Crippen LogP contribution in [0.5, 0.6) is 11.5 Å². The summed E-state index contributed by atoms with van der Waals surface area (Å²) in [6.45, 7) is 8.22. The van der Waals surface area contributed by atoms with Gasteiger partial charge in [0, 0.05) is 38.8 Å². The van der Waals surface area contributed by atoms with Crippen LogP contribution in [-0.2, 0) is 6.54 Å². The average molecular weight is 483 g/mol. The lowest BCUT2D eigenvalue weighted by molar-refractivity contribution is 0.171. The molecule has 0 unspecified atom stereocenters. The summed E-state index contributed by atoms with van der Waals surface area (Å²) in [5.41, 5.74) is 1.07. The minimum atomic E-state index is 0.504. The molecule has 8 nitrogen and oxygen atoms in total. The van der Waals surface area contributed by atoms with E-state index in [-0.39, 0.29) is 0 Å². The molecule has 3 aliphatic rings. The number of rotatable bonds is 5. The fourth-order valence-corrected chi connectivity index (χ4v) is 4.85. The molecule has 34 heavy (non-hydrogen) atoms. The molecule has 3 aliphatic heterocycles. The molecule has 0 bridgehead atoms. The van der Waals surface area contributed by atoms with Crippen molar-refractivity contribution < 1.29 is 9.47 Å². The number of ether oxygens (including phenoxy) is 2. The van der Waals surface area contributed by atoms with Gasteiger partial charge in [-0.05, 0) is 67.9 Å².